The zero-order valence-electron chi connectivity index (χ0n) is 14.1. The van der Waals surface area contributed by atoms with Gasteiger partial charge in [0.2, 0.25) is 0 Å². The van der Waals surface area contributed by atoms with Crippen molar-refractivity contribution in [1.29, 1.82) is 0 Å². The van der Waals surface area contributed by atoms with Gasteiger partial charge in [0.25, 0.3) is 0 Å². The number of carbonyl (C=O) groups is 1. The minimum Gasteiger partial charge on any atom is -0.451 e. The fourth-order valence-corrected chi connectivity index (χ4v) is 3.53. The predicted molar refractivity (Wildman–Crippen MR) is 94.3 cm³/mol. The van der Waals surface area contributed by atoms with E-state index in [1.165, 1.54) is 36.4 Å². The third kappa shape index (κ3) is 3.45. The number of hydrogen-bond acceptors (Lipinski definition) is 3. The molecule has 0 saturated heterocycles. The van der Waals surface area contributed by atoms with Crippen LogP contribution in [0.15, 0.2) is 42.5 Å². The highest BCUT2D eigenvalue weighted by Gasteiger charge is 2.42. The second kappa shape index (κ2) is 6.74. The van der Waals surface area contributed by atoms with Gasteiger partial charge in [-0.3, -0.25) is 0 Å². The lowest BCUT2D eigenvalue weighted by Crippen LogP contribution is -2.22. The summed E-state index contributed by atoms with van der Waals surface area (Å²) in [5, 5.41) is 0. The van der Waals surface area contributed by atoms with Gasteiger partial charge in [0.1, 0.15) is 17.2 Å². The summed E-state index contributed by atoms with van der Waals surface area (Å²) in [5.74, 6) is -1.89. The molecule has 26 heavy (non-hydrogen) atoms. The van der Waals surface area contributed by atoms with Crippen LogP contribution >= 0.6 is 0 Å². The molecule has 0 amide bonds. The van der Waals surface area contributed by atoms with E-state index < -0.39 is 34.3 Å². The Bertz CT molecular complexity index is 933. The summed E-state index contributed by atoms with van der Waals surface area (Å²) in [5.41, 5.74) is 0.391. The van der Waals surface area contributed by atoms with Crippen LogP contribution in [0.25, 0.3) is 11.1 Å². The molecule has 0 radical (unpaired) electrons. The lowest BCUT2D eigenvalue weighted by Gasteiger charge is -2.22. The maximum atomic E-state index is 14.7. The standard InChI is InChI=1S/C19H16F2O4S/c1-19(2)17(14-8-3-11(9-15(14)21)10-26(23)24)16(18(22)25-19)12-4-6-13(20)7-5-12/h3-9H,10H2,1-2H3,(H,23,24). The van der Waals surface area contributed by atoms with Gasteiger partial charge in [-0.1, -0.05) is 24.3 Å². The Hall–Kier alpha value is -2.38. The van der Waals surface area contributed by atoms with Crippen molar-refractivity contribution < 1.29 is 27.1 Å². The number of benzene rings is 2. The Morgan fingerprint density at radius 2 is 1.77 bits per heavy atom. The summed E-state index contributed by atoms with van der Waals surface area (Å²) in [6.07, 6.45) is 0. The maximum absolute atomic E-state index is 14.7. The predicted octanol–water partition coefficient (Wildman–Crippen LogP) is 3.93. The molecule has 1 unspecified atom stereocenters. The fraction of sp³-hybridized carbons (Fsp3) is 0.211. The number of halogens is 2. The molecule has 136 valence electrons. The van der Waals surface area contributed by atoms with Gasteiger partial charge in [-0.15, -0.1) is 0 Å². The summed E-state index contributed by atoms with van der Waals surface area (Å²) in [6.45, 7) is 3.29. The molecule has 1 atom stereocenters. The number of rotatable bonds is 4. The summed E-state index contributed by atoms with van der Waals surface area (Å²) in [7, 11) is 0. The Morgan fingerprint density at radius 1 is 1.12 bits per heavy atom. The molecule has 7 heteroatoms. The van der Waals surface area contributed by atoms with E-state index in [9.17, 15) is 17.8 Å². The highest BCUT2D eigenvalue weighted by atomic mass is 32.2. The normalized spacial score (nSPS) is 17.3. The molecule has 3 rings (SSSR count). The molecule has 0 fully saturated rings. The summed E-state index contributed by atoms with van der Waals surface area (Å²) >= 11 is -2.09. The van der Waals surface area contributed by atoms with E-state index >= 15 is 0 Å². The number of ether oxygens (including phenoxy) is 1. The Balaban J connectivity index is 2.19. The minimum absolute atomic E-state index is 0.160. The van der Waals surface area contributed by atoms with Gasteiger partial charge in [-0.25, -0.2) is 17.8 Å². The second-order valence-electron chi connectivity index (χ2n) is 6.44. The van der Waals surface area contributed by atoms with Crippen LogP contribution in [0.1, 0.15) is 30.5 Å². The Labute approximate surface area is 151 Å². The SMILES string of the molecule is CC1(C)OC(=O)C(c2ccc(F)cc2)=C1c1ccc(CS(=O)O)cc1F. The largest absolute Gasteiger partial charge is 0.451 e. The van der Waals surface area contributed by atoms with Crippen molar-refractivity contribution in [3.63, 3.8) is 0 Å². The van der Waals surface area contributed by atoms with Gasteiger partial charge in [-0.2, -0.15) is 0 Å². The van der Waals surface area contributed by atoms with Gasteiger partial charge in [0.05, 0.1) is 11.3 Å². The summed E-state index contributed by atoms with van der Waals surface area (Å²) in [4.78, 5) is 12.4. The average molecular weight is 378 g/mol. The van der Waals surface area contributed by atoms with Crippen molar-refractivity contribution in [2.24, 2.45) is 0 Å². The van der Waals surface area contributed by atoms with Crippen LogP contribution in [0.4, 0.5) is 8.78 Å². The van der Waals surface area contributed by atoms with Gasteiger partial charge < -0.3 is 9.29 Å². The molecule has 2 aromatic carbocycles. The molecule has 1 heterocycles. The van der Waals surface area contributed by atoms with E-state index in [0.717, 1.165) is 6.07 Å². The molecule has 4 nitrogen and oxygen atoms in total. The van der Waals surface area contributed by atoms with Crippen molar-refractivity contribution >= 4 is 28.2 Å². The van der Waals surface area contributed by atoms with E-state index in [1.807, 2.05) is 0 Å². The average Bonchev–Trinajstić information content (AvgIpc) is 2.77. The van der Waals surface area contributed by atoms with Gasteiger partial charge in [-0.05, 0) is 43.2 Å². The molecule has 1 N–H and O–H groups in total. The first kappa shape index (κ1) is 18.4. The first-order valence-electron chi connectivity index (χ1n) is 7.79. The van der Waals surface area contributed by atoms with Crippen molar-refractivity contribution in [2.75, 3.05) is 0 Å². The summed E-state index contributed by atoms with van der Waals surface area (Å²) < 4.78 is 53.2. The highest BCUT2D eigenvalue weighted by Crippen LogP contribution is 2.44. The zero-order valence-corrected chi connectivity index (χ0v) is 14.9. The molecule has 0 aliphatic carbocycles. The van der Waals surface area contributed by atoms with E-state index in [-0.39, 0.29) is 16.9 Å². The molecular formula is C19H16F2O4S. The van der Waals surface area contributed by atoms with Crippen LogP contribution < -0.4 is 0 Å². The molecule has 1 aliphatic rings. The van der Waals surface area contributed by atoms with E-state index in [2.05, 4.69) is 0 Å². The van der Waals surface area contributed by atoms with Crippen LogP contribution in [0.3, 0.4) is 0 Å². The van der Waals surface area contributed by atoms with Crippen LogP contribution in [-0.2, 0) is 26.4 Å². The minimum atomic E-state index is -2.09. The third-order valence-corrected chi connectivity index (χ3v) is 4.71. The number of hydrogen-bond donors (Lipinski definition) is 1. The van der Waals surface area contributed by atoms with Crippen molar-refractivity contribution in [3.05, 3.63) is 70.8 Å². The zero-order chi connectivity index (χ0) is 19.1. The molecule has 0 spiro atoms. The van der Waals surface area contributed by atoms with Crippen LogP contribution in [0.2, 0.25) is 0 Å². The van der Waals surface area contributed by atoms with Crippen molar-refractivity contribution in [3.8, 4) is 0 Å². The topological polar surface area (TPSA) is 63.6 Å². The van der Waals surface area contributed by atoms with E-state index in [4.69, 9.17) is 9.29 Å². The van der Waals surface area contributed by atoms with E-state index in [1.54, 1.807) is 13.8 Å². The smallest absolute Gasteiger partial charge is 0.340 e. The Kier molecular flexibility index (Phi) is 4.77. The molecule has 0 saturated carbocycles. The molecule has 1 aliphatic heterocycles. The second-order valence-corrected chi connectivity index (χ2v) is 7.37. The molecule has 0 bridgehead atoms. The quantitative estimate of drug-likeness (QED) is 0.647. The van der Waals surface area contributed by atoms with E-state index in [0.29, 0.717) is 16.7 Å². The lowest BCUT2D eigenvalue weighted by molar-refractivity contribution is -0.141. The van der Waals surface area contributed by atoms with Crippen LogP contribution in [0.5, 0.6) is 0 Å². The lowest BCUT2D eigenvalue weighted by atomic mass is 9.86. The highest BCUT2D eigenvalue weighted by molar-refractivity contribution is 7.78. The fourth-order valence-electron chi connectivity index (χ4n) is 3.07. The van der Waals surface area contributed by atoms with Gasteiger partial charge >= 0.3 is 5.97 Å². The monoisotopic (exact) mass is 378 g/mol. The maximum Gasteiger partial charge on any atom is 0.340 e. The summed E-state index contributed by atoms with van der Waals surface area (Å²) in [6, 6.07) is 9.46. The van der Waals surface area contributed by atoms with Gasteiger partial charge in [0, 0.05) is 11.1 Å². The van der Waals surface area contributed by atoms with Crippen LogP contribution in [-0.4, -0.2) is 20.3 Å². The molecule has 2 aromatic rings. The number of esters is 1. The first-order chi connectivity index (χ1) is 12.2. The van der Waals surface area contributed by atoms with Crippen molar-refractivity contribution in [2.45, 2.75) is 25.2 Å². The molecule has 0 aromatic heterocycles. The van der Waals surface area contributed by atoms with Crippen molar-refractivity contribution in [1.82, 2.24) is 0 Å². The number of carbonyl (C=O) groups excluding carboxylic acids is 1. The molecular weight excluding hydrogens is 362 g/mol. The van der Waals surface area contributed by atoms with Crippen LogP contribution in [0, 0.1) is 11.6 Å². The third-order valence-electron chi connectivity index (χ3n) is 4.13. The number of cyclic esters (lactones) is 1. The Morgan fingerprint density at radius 3 is 2.35 bits per heavy atom. The van der Waals surface area contributed by atoms with Gasteiger partial charge in [0.15, 0.2) is 11.1 Å². The first-order valence-corrected chi connectivity index (χ1v) is 9.07.